The minimum absolute atomic E-state index is 0.0308. The predicted molar refractivity (Wildman–Crippen MR) is 114 cm³/mol. The minimum Gasteiger partial charge on any atom is -0.384 e. The lowest BCUT2D eigenvalue weighted by molar-refractivity contribution is -0.122. The fourth-order valence-corrected chi connectivity index (χ4v) is 4.88. The zero-order chi connectivity index (χ0) is 20.2. The summed E-state index contributed by atoms with van der Waals surface area (Å²) < 4.78 is 8.49. The molecule has 0 spiro atoms. The zero-order valence-corrected chi connectivity index (χ0v) is 17.7. The number of methoxy groups -OCH3 is 1. The van der Waals surface area contributed by atoms with Crippen molar-refractivity contribution in [1.29, 1.82) is 0 Å². The van der Waals surface area contributed by atoms with E-state index in [4.69, 9.17) is 4.74 Å². The van der Waals surface area contributed by atoms with Gasteiger partial charge in [0.1, 0.15) is 5.82 Å². The Morgan fingerprint density at radius 1 is 1.28 bits per heavy atom. The summed E-state index contributed by atoms with van der Waals surface area (Å²) in [6, 6.07) is 10.7. The van der Waals surface area contributed by atoms with Crippen LogP contribution in [0, 0.1) is 0 Å². The van der Waals surface area contributed by atoms with Gasteiger partial charge in [-0.3, -0.25) is 9.69 Å². The molecule has 1 aromatic carbocycles. The van der Waals surface area contributed by atoms with Crippen LogP contribution in [-0.2, 0) is 29.0 Å². The lowest BCUT2D eigenvalue weighted by Gasteiger charge is -2.19. The standard InChI is InChI=1S/C21H27N5O2S/c1-15(22-20(27)8-12-28-2)21-24-23-19-7-9-25(10-11-26(19)21)14-17-13-16-5-3-4-6-18(16)29-17/h3-6,13,15H,7-12,14H2,1-2H3,(H,22,27)/t15-/m1/s1. The van der Waals surface area contributed by atoms with E-state index in [0.717, 1.165) is 44.2 Å². The molecule has 0 radical (unpaired) electrons. The number of nitrogens with zero attached hydrogens (tertiary/aromatic N) is 4. The molecule has 2 aromatic heterocycles. The number of carbonyl (C=O) groups excluding carboxylic acids is 1. The largest absolute Gasteiger partial charge is 0.384 e. The molecule has 1 N–H and O–H groups in total. The average Bonchev–Trinajstić information content (AvgIpc) is 3.26. The molecule has 154 valence electrons. The molecule has 1 aliphatic heterocycles. The number of carbonyl (C=O) groups is 1. The van der Waals surface area contributed by atoms with E-state index < -0.39 is 0 Å². The second kappa shape index (κ2) is 9.02. The first-order valence-corrected chi connectivity index (χ1v) is 10.9. The molecule has 0 fully saturated rings. The normalized spacial score (nSPS) is 15.8. The number of hydrogen-bond donors (Lipinski definition) is 1. The molecule has 0 bridgehead atoms. The third kappa shape index (κ3) is 4.66. The van der Waals surface area contributed by atoms with Crippen LogP contribution in [-0.4, -0.2) is 52.4 Å². The van der Waals surface area contributed by atoms with Crippen molar-refractivity contribution in [3.63, 3.8) is 0 Å². The molecular formula is C21H27N5O2S. The summed E-state index contributed by atoms with van der Waals surface area (Å²) in [5.74, 6) is 1.79. The van der Waals surface area contributed by atoms with E-state index in [1.54, 1.807) is 7.11 Å². The molecule has 3 heterocycles. The Morgan fingerprint density at radius 3 is 2.97 bits per heavy atom. The van der Waals surface area contributed by atoms with Crippen LogP contribution in [0.1, 0.15) is 35.9 Å². The van der Waals surface area contributed by atoms with Crippen LogP contribution in [0.3, 0.4) is 0 Å². The summed E-state index contributed by atoms with van der Waals surface area (Å²) in [5, 5.41) is 13.1. The van der Waals surface area contributed by atoms with Gasteiger partial charge in [-0.1, -0.05) is 18.2 Å². The van der Waals surface area contributed by atoms with E-state index in [9.17, 15) is 4.79 Å². The lowest BCUT2D eigenvalue weighted by Crippen LogP contribution is -2.30. The maximum absolute atomic E-state index is 12.0. The van der Waals surface area contributed by atoms with Crippen LogP contribution in [0.5, 0.6) is 0 Å². The number of thiophene rings is 1. The molecule has 0 aliphatic carbocycles. The van der Waals surface area contributed by atoms with Crippen molar-refractivity contribution in [2.45, 2.75) is 38.9 Å². The van der Waals surface area contributed by atoms with Crippen molar-refractivity contribution in [3.8, 4) is 0 Å². The average molecular weight is 414 g/mol. The van der Waals surface area contributed by atoms with E-state index in [-0.39, 0.29) is 11.9 Å². The van der Waals surface area contributed by atoms with E-state index in [1.807, 2.05) is 18.3 Å². The summed E-state index contributed by atoms with van der Waals surface area (Å²) in [6.07, 6.45) is 1.22. The second-order valence-electron chi connectivity index (χ2n) is 7.43. The molecular weight excluding hydrogens is 386 g/mol. The fourth-order valence-electron chi connectivity index (χ4n) is 3.78. The van der Waals surface area contributed by atoms with Gasteiger partial charge >= 0.3 is 0 Å². The first kappa shape index (κ1) is 20.0. The van der Waals surface area contributed by atoms with Crippen LogP contribution in [0.2, 0.25) is 0 Å². The Balaban J connectivity index is 1.39. The number of fused-ring (bicyclic) bond motifs is 2. The van der Waals surface area contributed by atoms with Crippen molar-refractivity contribution >= 4 is 27.3 Å². The first-order chi connectivity index (χ1) is 14.1. The maximum Gasteiger partial charge on any atom is 0.222 e. The van der Waals surface area contributed by atoms with Crippen LogP contribution in [0.25, 0.3) is 10.1 Å². The van der Waals surface area contributed by atoms with Gasteiger partial charge in [-0.2, -0.15) is 0 Å². The molecule has 3 aromatic rings. The van der Waals surface area contributed by atoms with Crippen LogP contribution < -0.4 is 5.32 Å². The first-order valence-electron chi connectivity index (χ1n) is 10.0. The van der Waals surface area contributed by atoms with Crippen LogP contribution >= 0.6 is 11.3 Å². The number of ether oxygens (including phenoxy) is 1. The van der Waals surface area contributed by atoms with Crippen LogP contribution in [0.15, 0.2) is 30.3 Å². The molecule has 0 unspecified atom stereocenters. The molecule has 0 saturated carbocycles. The molecule has 1 atom stereocenters. The Morgan fingerprint density at radius 2 is 2.14 bits per heavy atom. The summed E-state index contributed by atoms with van der Waals surface area (Å²) in [6.45, 7) is 6.07. The van der Waals surface area contributed by atoms with E-state index in [2.05, 4.69) is 55.3 Å². The minimum atomic E-state index is -0.172. The van der Waals surface area contributed by atoms with Gasteiger partial charge in [-0.15, -0.1) is 21.5 Å². The summed E-state index contributed by atoms with van der Waals surface area (Å²) in [4.78, 5) is 15.9. The molecule has 0 saturated heterocycles. The number of benzene rings is 1. The van der Waals surface area contributed by atoms with Gasteiger partial charge in [0.2, 0.25) is 5.91 Å². The highest BCUT2D eigenvalue weighted by Gasteiger charge is 2.23. The van der Waals surface area contributed by atoms with Crippen molar-refractivity contribution < 1.29 is 9.53 Å². The molecule has 7 nitrogen and oxygen atoms in total. The number of rotatable bonds is 7. The van der Waals surface area contributed by atoms with E-state index >= 15 is 0 Å². The lowest BCUT2D eigenvalue weighted by atomic mass is 10.2. The molecule has 8 heteroatoms. The van der Waals surface area contributed by atoms with Gasteiger partial charge in [-0.05, 0) is 24.4 Å². The zero-order valence-electron chi connectivity index (χ0n) is 16.9. The van der Waals surface area contributed by atoms with Crippen molar-refractivity contribution in [2.24, 2.45) is 0 Å². The van der Waals surface area contributed by atoms with Crippen molar-refractivity contribution in [3.05, 3.63) is 46.9 Å². The topological polar surface area (TPSA) is 72.3 Å². The Labute approximate surface area is 174 Å². The Hall–Kier alpha value is -2.29. The smallest absolute Gasteiger partial charge is 0.222 e. The summed E-state index contributed by atoms with van der Waals surface area (Å²) >= 11 is 1.87. The SMILES string of the molecule is COCCC(=O)N[C@H](C)c1nnc2n1CCN(Cc1cc3ccccc3s1)CC2. The number of amides is 1. The maximum atomic E-state index is 12.0. The summed E-state index contributed by atoms with van der Waals surface area (Å²) in [5.41, 5.74) is 0. The highest BCUT2D eigenvalue weighted by molar-refractivity contribution is 7.19. The van der Waals surface area contributed by atoms with E-state index in [1.165, 1.54) is 15.0 Å². The second-order valence-corrected chi connectivity index (χ2v) is 8.60. The number of aromatic nitrogens is 3. The molecule has 29 heavy (non-hydrogen) atoms. The Kier molecular flexibility index (Phi) is 6.22. The quantitative estimate of drug-likeness (QED) is 0.645. The third-order valence-corrected chi connectivity index (χ3v) is 6.40. The van der Waals surface area contributed by atoms with Gasteiger partial charge in [0.25, 0.3) is 0 Å². The van der Waals surface area contributed by atoms with Gasteiger partial charge in [0, 0.05) is 55.7 Å². The highest BCUT2D eigenvalue weighted by atomic mass is 32.1. The molecule has 4 rings (SSSR count). The Bertz CT molecular complexity index is 950. The third-order valence-electron chi connectivity index (χ3n) is 5.30. The van der Waals surface area contributed by atoms with Crippen molar-refractivity contribution in [1.82, 2.24) is 25.0 Å². The van der Waals surface area contributed by atoms with Gasteiger partial charge < -0.3 is 14.6 Å². The van der Waals surface area contributed by atoms with Gasteiger partial charge in [0.05, 0.1) is 12.6 Å². The highest BCUT2D eigenvalue weighted by Crippen LogP contribution is 2.27. The predicted octanol–water partition coefficient (Wildman–Crippen LogP) is 2.76. The monoisotopic (exact) mass is 413 g/mol. The van der Waals surface area contributed by atoms with E-state index in [0.29, 0.717) is 13.0 Å². The molecule has 1 aliphatic rings. The van der Waals surface area contributed by atoms with Crippen molar-refractivity contribution in [2.75, 3.05) is 26.8 Å². The van der Waals surface area contributed by atoms with Gasteiger partial charge in [0.15, 0.2) is 5.82 Å². The summed E-state index contributed by atoms with van der Waals surface area (Å²) in [7, 11) is 1.60. The van der Waals surface area contributed by atoms with Crippen LogP contribution in [0.4, 0.5) is 0 Å². The van der Waals surface area contributed by atoms with Gasteiger partial charge in [-0.25, -0.2) is 0 Å². The molecule has 1 amide bonds. The fraction of sp³-hybridized carbons (Fsp3) is 0.476. The number of nitrogens with one attached hydrogen (secondary N) is 1. The number of hydrogen-bond acceptors (Lipinski definition) is 6.